The Bertz CT molecular complexity index is 1230. The fourth-order valence-corrected chi connectivity index (χ4v) is 2.98. The standard InChI is InChI=1S/C18H13NO3/c1-9-7-10(2)17-13(8-9)19-14-15(20)11-5-3-4-6-12(11)16(21)18(14)22-17/h3-8,19H,1-2H3. The van der Waals surface area contributed by atoms with E-state index < -0.39 is 0 Å². The zero-order valence-electron chi connectivity index (χ0n) is 12.2. The van der Waals surface area contributed by atoms with Crippen LogP contribution in [0.3, 0.4) is 0 Å². The molecular formula is C18H13NO3. The number of aromatic nitrogens is 1. The van der Waals surface area contributed by atoms with Crippen LogP contribution in [0.2, 0.25) is 0 Å². The van der Waals surface area contributed by atoms with E-state index in [1.165, 1.54) is 0 Å². The Kier molecular flexibility index (Phi) is 2.51. The van der Waals surface area contributed by atoms with Gasteiger partial charge in [-0.25, -0.2) is 0 Å². The molecule has 2 aliphatic rings. The molecule has 4 nitrogen and oxygen atoms in total. The van der Waals surface area contributed by atoms with Gasteiger partial charge in [0.15, 0.2) is 5.58 Å². The number of hydrogen-bond donors (Lipinski definition) is 1. The summed E-state index contributed by atoms with van der Waals surface area (Å²) in [5.74, 6) is 0. The minimum Gasteiger partial charge on any atom is -0.448 e. The second-order valence-electron chi connectivity index (χ2n) is 5.59. The lowest BCUT2D eigenvalue weighted by atomic mass is 10.1. The number of rotatable bonds is 0. The van der Waals surface area contributed by atoms with Crippen LogP contribution in [0.5, 0.6) is 0 Å². The normalized spacial score (nSPS) is 11.5. The lowest BCUT2D eigenvalue weighted by molar-refractivity contribution is 0.554. The zero-order valence-corrected chi connectivity index (χ0v) is 12.2. The van der Waals surface area contributed by atoms with Gasteiger partial charge in [-0.3, -0.25) is 9.59 Å². The smallest absolute Gasteiger partial charge is 0.231 e. The third-order valence-corrected chi connectivity index (χ3v) is 3.96. The third kappa shape index (κ3) is 1.64. The summed E-state index contributed by atoms with van der Waals surface area (Å²) in [5, 5.41) is 1.03. The van der Waals surface area contributed by atoms with Gasteiger partial charge in [-0.1, -0.05) is 30.3 Å². The summed E-state index contributed by atoms with van der Waals surface area (Å²) in [7, 11) is 0. The van der Waals surface area contributed by atoms with Crippen LogP contribution in [-0.4, -0.2) is 4.98 Å². The highest BCUT2D eigenvalue weighted by molar-refractivity contribution is 5.82. The lowest BCUT2D eigenvalue weighted by Gasteiger charge is -2.05. The van der Waals surface area contributed by atoms with E-state index in [0.717, 1.165) is 16.6 Å². The van der Waals surface area contributed by atoms with Crippen molar-refractivity contribution in [2.45, 2.75) is 13.8 Å². The Morgan fingerprint density at radius 1 is 0.955 bits per heavy atom. The van der Waals surface area contributed by atoms with Crippen LogP contribution in [0, 0.1) is 24.6 Å². The fraction of sp³-hybridized carbons (Fsp3) is 0.111. The molecule has 0 aromatic heterocycles. The number of aromatic amines is 1. The van der Waals surface area contributed by atoms with E-state index in [1.54, 1.807) is 24.3 Å². The van der Waals surface area contributed by atoms with Gasteiger partial charge in [0.1, 0.15) is 5.35 Å². The summed E-state index contributed by atoms with van der Waals surface area (Å²) in [6.45, 7) is 3.89. The molecule has 0 unspecified atom stereocenters. The molecule has 0 radical (unpaired) electrons. The topological polar surface area (TPSA) is 63.1 Å². The summed E-state index contributed by atoms with van der Waals surface area (Å²) >= 11 is 0. The van der Waals surface area contributed by atoms with Crippen molar-refractivity contribution in [1.29, 1.82) is 0 Å². The molecule has 4 rings (SSSR count). The molecule has 22 heavy (non-hydrogen) atoms. The van der Waals surface area contributed by atoms with Gasteiger partial charge in [-0.15, -0.1) is 0 Å². The highest BCUT2D eigenvalue weighted by Gasteiger charge is 2.11. The second kappa shape index (κ2) is 4.31. The minimum atomic E-state index is -0.261. The molecule has 0 bridgehead atoms. The van der Waals surface area contributed by atoms with Crippen LogP contribution < -0.4 is 10.9 Å². The molecule has 1 aliphatic carbocycles. The molecule has 2 aromatic rings. The average molecular weight is 291 g/mol. The Morgan fingerprint density at radius 2 is 1.64 bits per heavy atom. The number of benzene rings is 2. The summed E-state index contributed by atoms with van der Waals surface area (Å²) < 4.78 is 5.81. The number of fused-ring (bicyclic) bond motifs is 2. The minimum absolute atomic E-state index is 0.0863. The predicted molar refractivity (Wildman–Crippen MR) is 85.4 cm³/mol. The molecule has 0 fully saturated rings. The van der Waals surface area contributed by atoms with Gasteiger partial charge in [0, 0.05) is 10.8 Å². The molecule has 0 spiro atoms. The predicted octanol–water partition coefficient (Wildman–Crippen LogP) is 2.98. The summed E-state index contributed by atoms with van der Waals surface area (Å²) in [6, 6.07) is 10.7. The van der Waals surface area contributed by atoms with Crippen molar-refractivity contribution < 1.29 is 4.42 Å². The van der Waals surface area contributed by atoms with Crippen molar-refractivity contribution in [2.75, 3.05) is 0 Å². The molecule has 0 saturated heterocycles. The van der Waals surface area contributed by atoms with Crippen molar-refractivity contribution in [1.82, 2.24) is 4.98 Å². The van der Waals surface area contributed by atoms with Gasteiger partial charge >= 0.3 is 0 Å². The number of hydrogen-bond acceptors (Lipinski definition) is 3. The maximum Gasteiger partial charge on any atom is 0.231 e. The quantitative estimate of drug-likeness (QED) is 0.542. The SMILES string of the molecule is Cc1cc(C)c2oc3c(=O)c4ccccc4c(=O)c=3[nH]c2c1. The molecule has 1 N–H and O–H groups in total. The Morgan fingerprint density at radius 3 is 2.36 bits per heavy atom. The van der Waals surface area contributed by atoms with Crippen molar-refractivity contribution in [3.8, 4) is 0 Å². The van der Waals surface area contributed by atoms with Gasteiger partial charge in [-0.05, 0) is 31.0 Å². The van der Waals surface area contributed by atoms with Crippen LogP contribution in [0.15, 0.2) is 50.4 Å². The van der Waals surface area contributed by atoms with E-state index in [-0.39, 0.29) is 21.6 Å². The molecule has 4 heteroatoms. The summed E-state index contributed by atoms with van der Waals surface area (Å²) in [4.78, 5) is 28.3. The van der Waals surface area contributed by atoms with E-state index in [0.29, 0.717) is 16.4 Å². The maximum atomic E-state index is 12.6. The Hall–Kier alpha value is -2.88. The van der Waals surface area contributed by atoms with Crippen LogP contribution in [-0.2, 0) is 0 Å². The largest absolute Gasteiger partial charge is 0.448 e. The molecule has 0 saturated carbocycles. The molecule has 1 heterocycles. The highest BCUT2D eigenvalue weighted by Crippen LogP contribution is 2.19. The highest BCUT2D eigenvalue weighted by atomic mass is 16.3. The first-order valence-electron chi connectivity index (χ1n) is 7.05. The third-order valence-electron chi connectivity index (χ3n) is 3.96. The van der Waals surface area contributed by atoms with E-state index in [4.69, 9.17) is 4.42 Å². The van der Waals surface area contributed by atoms with Gasteiger partial charge in [0.25, 0.3) is 0 Å². The second-order valence-corrected chi connectivity index (χ2v) is 5.59. The number of aryl methyl sites for hydroxylation is 2. The van der Waals surface area contributed by atoms with Crippen molar-refractivity contribution in [2.24, 2.45) is 0 Å². The van der Waals surface area contributed by atoms with E-state index in [1.807, 2.05) is 26.0 Å². The monoisotopic (exact) mass is 291 g/mol. The van der Waals surface area contributed by atoms with E-state index in [9.17, 15) is 9.59 Å². The average Bonchev–Trinajstić information content (AvgIpc) is 2.51. The first-order valence-corrected chi connectivity index (χ1v) is 7.05. The van der Waals surface area contributed by atoms with Gasteiger partial charge in [0.2, 0.25) is 16.3 Å². The first-order chi connectivity index (χ1) is 10.6. The molecular weight excluding hydrogens is 278 g/mol. The molecule has 108 valence electrons. The van der Waals surface area contributed by atoms with E-state index in [2.05, 4.69) is 4.98 Å². The number of H-pyrrole nitrogens is 1. The molecule has 2 aromatic carbocycles. The van der Waals surface area contributed by atoms with Crippen LogP contribution >= 0.6 is 0 Å². The Balaban J connectivity index is 2.40. The van der Waals surface area contributed by atoms with Crippen molar-refractivity contribution >= 4 is 21.9 Å². The summed E-state index contributed by atoms with van der Waals surface area (Å²) in [6.07, 6.45) is 0. The first kappa shape index (κ1) is 12.8. The van der Waals surface area contributed by atoms with E-state index >= 15 is 0 Å². The van der Waals surface area contributed by atoms with Crippen LogP contribution in [0.4, 0.5) is 0 Å². The van der Waals surface area contributed by atoms with Gasteiger partial charge in [-0.2, -0.15) is 0 Å². The molecule has 0 atom stereocenters. The zero-order chi connectivity index (χ0) is 15.4. The van der Waals surface area contributed by atoms with Crippen molar-refractivity contribution in [3.05, 3.63) is 78.7 Å². The van der Waals surface area contributed by atoms with Crippen LogP contribution in [0.25, 0.3) is 21.9 Å². The number of nitrogens with one attached hydrogen (secondary N) is 1. The maximum absolute atomic E-state index is 12.6. The Labute approximate surface area is 124 Å². The lowest BCUT2D eigenvalue weighted by Crippen LogP contribution is -2.16. The van der Waals surface area contributed by atoms with Crippen molar-refractivity contribution in [3.63, 3.8) is 0 Å². The molecule has 1 aliphatic heterocycles. The molecule has 0 amide bonds. The van der Waals surface area contributed by atoms with Gasteiger partial charge < -0.3 is 9.40 Å². The van der Waals surface area contributed by atoms with Gasteiger partial charge in [0.05, 0.1) is 5.52 Å². The summed E-state index contributed by atoms with van der Waals surface area (Å²) in [5.41, 5.74) is 2.92. The van der Waals surface area contributed by atoms with Crippen LogP contribution in [0.1, 0.15) is 11.1 Å². The fourth-order valence-electron chi connectivity index (χ4n) is 2.98.